The van der Waals surface area contributed by atoms with Crippen molar-refractivity contribution in [3.05, 3.63) is 47.5 Å². The number of fused-ring (bicyclic) bond motifs is 3. The van der Waals surface area contributed by atoms with Gasteiger partial charge in [-0.05, 0) is 113 Å². The second kappa shape index (κ2) is 13.6. The van der Waals surface area contributed by atoms with Gasteiger partial charge >= 0.3 is 14.2 Å². The first kappa shape index (κ1) is 36.7. The van der Waals surface area contributed by atoms with Crippen LogP contribution in [0.1, 0.15) is 158 Å². The Bertz CT molecular complexity index is 1350. The summed E-state index contributed by atoms with van der Waals surface area (Å²) < 4.78 is 27.7. The highest BCUT2D eigenvalue weighted by Gasteiger charge is 2.59. The topological polar surface area (TPSA) is 36.9 Å². The third kappa shape index (κ3) is 6.55. The maximum Gasteiger partial charge on any atom is 0.494 e. The molecule has 2 aromatic carbocycles. The van der Waals surface area contributed by atoms with E-state index in [0.29, 0.717) is 11.8 Å². The average molecular weight is 643 g/mol. The first-order valence-electron chi connectivity index (χ1n) is 19.1. The molecular weight excluding hydrogens is 578 g/mol. The monoisotopic (exact) mass is 642 g/mol. The van der Waals surface area contributed by atoms with Gasteiger partial charge in [0.05, 0.1) is 22.4 Å². The van der Waals surface area contributed by atoms with Crippen LogP contribution in [-0.4, -0.2) is 36.6 Å². The molecule has 3 aliphatic rings. The van der Waals surface area contributed by atoms with E-state index in [1.807, 2.05) is 0 Å². The second-order valence-corrected chi connectivity index (χ2v) is 17.0. The minimum atomic E-state index is -0.524. The van der Waals surface area contributed by atoms with E-state index in [1.165, 1.54) is 73.6 Å². The van der Waals surface area contributed by atoms with Gasteiger partial charge < -0.3 is 18.6 Å². The van der Waals surface area contributed by atoms with E-state index in [2.05, 4.69) is 119 Å². The molecule has 2 aliphatic heterocycles. The lowest BCUT2D eigenvalue weighted by Crippen LogP contribution is -2.55. The highest BCUT2D eigenvalue weighted by atomic mass is 16.7. The van der Waals surface area contributed by atoms with Gasteiger partial charge in [-0.25, -0.2) is 0 Å². The largest absolute Gasteiger partial charge is 0.494 e. The quantitative estimate of drug-likeness (QED) is 0.192. The molecule has 0 amide bonds. The molecule has 0 N–H and O–H groups in total. The van der Waals surface area contributed by atoms with Gasteiger partial charge in [0.1, 0.15) is 0 Å². The van der Waals surface area contributed by atoms with Gasteiger partial charge in [0.15, 0.2) is 0 Å². The van der Waals surface area contributed by atoms with Gasteiger partial charge in [0.2, 0.25) is 0 Å². The minimum absolute atomic E-state index is 0.159. The highest BCUT2D eigenvalue weighted by molar-refractivity contribution is 6.75. The van der Waals surface area contributed by atoms with Crippen LogP contribution < -0.4 is 10.9 Å². The first-order valence-corrected chi connectivity index (χ1v) is 19.1. The van der Waals surface area contributed by atoms with Crippen LogP contribution in [0.25, 0.3) is 11.1 Å². The molecule has 0 bridgehead atoms. The molecule has 2 heterocycles. The summed E-state index contributed by atoms with van der Waals surface area (Å²) in [7, 11) is -1.03. The van der Waals surface area contributed by atoms with E-state index >= 15 is 0 Å². The molecule has 2 atom stereocenters. The van der Waals surface area contributed by atoms with Gasteiger partial charge in [-0.15, -0.1) is 0 Å². The Labute approximate surface area is 288 Å². The van der Waals surface area contributed by atoms with Crippen LogP contribution in [0.2, 0.25) is 0 Å². The molecular formula is C41H64B2O4. The van der Waals surface area contributed by atoms with Crippen molar-refractivity contribution in [3.63, 3.8) is 0 Å². The molecule has 5 rings (SSSR count). The van der Waals surface area contributed by atoms with Crippen molar-refractivity contribution in [3.8, 4) is 11.1 Å². The third-order valence-electron chi connectivity index (χ3n) is 12.8. The summed E-state index contributed by atoms with van der Waals surface area (Å²) in [6.45, 7) is 26.7. The van der Waals surface area contributed by atoms with Gasteiger partial charge in [-0.1, -0.05) is 115 Å². The van der Waals surface area contributed by atoms with Crippen molar-refractivity contribution < 1.29 is 18.6 Å². The molecule has 0 aromatic heterocycles. The number of hydrogen-bond acceptors (Lipinski definition) is 4. The molecule has 0 saturated carbocycles. The predicted octanol–water partition coefficient (Wildman–Crippen LogP) is 9.76. The van der Waals surface area contributed by atoms with E-state index in [9.17, 15) is 0 Å². The summed E-state index contributed by atoms with van der Waals surface area (Å²) in [6.07, 6.45) is 12.2. The van der Waals surface area contributed by atoms with Crippen LogP contribution in [0.5, 0.6) is 0 Å². The molecule has 47 heavy (non-hydrogen) atoms. The summed E-state index contributed by atoms with van der Waals surface area (Å²) in [5, 5.41) is 0. The van der Waals surface area contributed by atoms with Gasteiger partial charge in [-0.2, -0.15) is 0 Å². The third-order valence-corrected chi connectivity index (χ3v) is 12.8. The van der Waals surface area contributed by atoms with Gasteiger partial charge in [0.25, 0.3) is 0 Å². The fraction of sp³-hybridized carbons (Fsp3) is 0.707. The first-order chi connectivity index (χ1) is 22.1. The Balaban J connectivity index is 1.82. The van der Waals surface area contributed by atoms with Crippen molar-refractivity contribution in [2.75, 3.05) is 0 Å². The van der Waals surface area contributed by atoms with E-state index in [-0.39, 0.29) is 5.41 Å². The van der Waals surface area contributed by atoms with Crippen molar-refractivity contribution in [2.45, 2.75) is 175 Å². The molecule has 2 aromatic rings. The standard InChI is InChI=1S/C41H64B2O4/c1-13-17-21-29(15-3)27-41(28-30(16-4)22-18-14-2)33-24-20-19-23-31(33)32-25-26-34(42-44-37(5,6)38(7,8)45-42)36(35(32)41)43-46-39(9,10)40(11,12)47-43/h19-20,23-26,29-30H,13-18,21-22,27-28H2,1-12H3. The summed E-state index contributed by atoms with van der Waals surface area (Å²) in [4.78, 5) is 0. The molecule has 0 radical (unpaired) electrons. The molecule has 1 aliphatic carbocycles. The lowest BCUT2D eigenvalue weighted by Gasteiger charge is -2.40. The zero-order valence-electron chi connectivity index (χ0n) is 32.0. The van der Waals surface area contributed by atoms with Gasteiger partial charge in [-0.3, -0.25) is 0 Å². The summed E-state index contributed by atoms with van der Waals surface area (Å²) in [6, 6.07) is 13.9. The van der Waals surface area contributed by atoms with Crippen LogP contribution in [0.4, 0.5) is 0 Å². The Morgan fingerprint density at radius 3 is 1.51 bits per heavy atom. The van der Waals surface area contributed by atoms with Crippen molar-refractivity contribution in [1.29, 1.82) is 0 Å². The van der Waals surface area contributed by atoms with Crippen LogP contribution in [0.3, 0.4) is 0 Å². The molecule has 258 valence electrons. The Hall–Kier alpha value is -1.59. The number of rotatable bonds is 14. The smallest absolute Gasteiger partial charge is 0.399 e. The lowest BCUT2D eigenvalue weighted by molar-refractivity contribution is 0.00578. The highest BCUT2D eigenvalue weighted by Crippen LogP contribution is 2.56. The Morgan fingerprint density at radius 2 is 1.04 bits per heavy atom. The fourth-order valence-electron chi connectivity index (χ4n) is 8.42. The number of benzene rings is 2. The Kier molecular flexibility index (Phi) is 10.6. The van der Waals surface area contributed by atoms with Crippen LogP contribution in [-0.2, 0) is 24.0 Å². The lowest BCUT2D eigenvalue weighted by atomic mass is 9.56. The zero-order chi connectivity index (χ0) is 34.4. The SMILES string of the molecule is CCCCC(CC)CC1(CC(CC)CCCC)c2ccccc2-c2ccc(B3OC(C)(C)C(C)(C)O3)c(B3OC(C)(C)C(C)(C)O3)c21. The van der Waals surface area contributed by atoms with E-state index in [0.717, 1.165) is 23.8 Å². The van der Waals surface area contributed by atoms with E-state index in [1.54, 1.807) is 0 Å². The average Bonchev–Trinajstić information content (AvgIpc) is 3.51. The summed E-state index contributed by atoms with van der Waals surface area (Å²) >= 11 is 0. The molecule has 0 spiro atoms. The molecule has 2 fully saturated rings. The minimum Gasteiger partial charge on any atom is -0.399 e. The summed E-state index contributed by atoms with van der Waals surface area (Å²) in [5.41, 5.74) is 5.80. The molecule has 2 unspecified atom stereocenters. The maximum absolute atomic E-state index is 7.03. The summed E-state index contributed by atoms with van der Waals surface area (Å²) in [5.74, 6) is 1.26. The molecule has 2 saturated heterocycles. The zero-order valence-corrected chi connectivity index (χ0v) is 32.0. The second-order valence-electron chi connectivity index (χ2n) is 17.0. The number of unbranched alkanes of at least 4 members (excludes halogenated alkanes) is 2. The maximum atomic E-state index is 7.03. The number of hydrogen-bond donors (Lipinski definition) is 0. The van der Waals surface area contributed by atoms with Crippen LogP contribution >= 0.6 is 0 Å². The van der Waals surface area contributed by atoms with E-state index in [4.69, 9.17) is 18.6 Å². The van der Waals surface area contributed by atoms with Crippen molar-refractivity contribution in [2.24, 2.45) is 11.8 Å². The van der Waals surface area contributed by atoms with E-state index < -0.39 is 36.6 Å². The normalized spacial score (nSPS) is 24.8. The Morgan fingerprint density at radius 1 is 0.574 bits per heavy atom. The van der Waals surface area contributed by atoms with Crippen molar-refractivity contribution >= 4 is 25.2 Å². The molecule has 4 nitrogen and oxygen atoms in total. The predicted molar refractivity (Wildman–Crippen MR) is 200 cm³/mol. The fourth-order valence-corrected chi connectivity index (χ4v) is 8.42. The van der Waals surface area contributed by atoms with Crippen molar-refractivity contribution in [1.82, 2.24) is 0 Å². The van der Waals surface area contributed by atoms with Crippen LogP contribution in [0.15, 0.2) is 36.4 Å². The van der Waals surface area contributed by atoms with Crippen LogP contribution in [0, 0.1) is 11.8 Å². The molecule has 6 heteroatoms. The van der Waals surface area contributed by atoms with Gasteiger partial charge in [0, 0.05) is 5.41 Å².